The zero-order chi connectivity index (χ0) is 33.0. The molecular weight excluding hydrogens is 633 g/mol. The van der Waals surface area contributed by atoms with Gasteiger partial charge >= 0.3 is 0 Å². The van der Waals surface area contributed by atoms with Gasteiger partial charge in [-0.1, -0.05) is 140 Å². The van der Waals surface area contributed by atoms with Crippen molar-refractivity contribution >= 4 is 53.6 Å². The Morgan fingerprint density at radius 1 is 0.400 bits per heavy atom. The van der Waals surface area contributed by atoms with Crippen LogP contribution in [-0.4, -0.2) is 19.9 Å². The SMILES string of the molecule is c1ccc(-c2nc(-c3ccccc3)nc(-c3ccc(-c4ccc(-c5nc6c7ccccc7oc6c6c5sc5ccccc56)cc4)cc3)n2)cc1. The fourth-order valence-electron chi connectivity index (χ4n) is 6.68. The summed E-state index contributed by atoms with van der Waals surface area (Å²) >= 11 is 1.77. The van der Waals surface area contributed by atoms with Crippen LogP contribution < -0.4 is 0 Å². The number of hydrogen-bond donors (Lipinski definition) is 0. The summed E-state index contributed by atoms with van der Waals surface area (Å²) in [5.41, 5.74) is 9.71. The molecule has 4 aromatic heterocycles. The predicted molar refractivity (Wildman–Crippen MR) is 205 cm³/mol. The van der Waals surface area contributed by atoms with E-state index in [0.29, 0.717) is 17.5 Å². The first-order chi connectivity index (χ1) is 24.8. The molecule has 0 aliphatic heterocycles. The molecule has 0 amide bonds. The summed E-state index contributed by atoms with van der Waals surface area (Å²) in [6, 6.07) is 53.9. The number of para-hydroxylation sites is 1. The third-order valence-electron chi connectivity index (χ3n) is 9.16. The van der Waals surface area contributed by atoms with Crippen molar-refractivity contribution in [1.29, 1.82) is 0 Å². The molecule has 6 heteroatoms. The number of nitrogens with zero attached hydrogens (tertiary/aromatic N) is 4. The van der Waals surface area contributed by atoms with Crippen molar-refractivity contribution < 1.29 is 4.42 Å². The maximum atomic E-state index is 6.43. The second-order valence-electron chi connectivity index (χ2n) is 12.2. The van der Waals surface area contributed by atoms with Gasteiger partial charge < -0.3 is 4.42 Å². The Morgan fingerprint density at radius 3 is 1.50 bits per heavy atom. The molecule has 0 aliphatic rings. The molecule has 0 saturated carbocycles. The molecule has 0 radical (unpaired) electrons. The fraction of sp³-hybridized carbons (Fsp3) is 0. The first-order valence-electron chi connectivity index (χ1n) is 16.5. The van der Waals surface area contributed by atoms with E-state index < -0.39 is 0 Å². The highest BCUT2D eigenvalue weighted by molar-refractivity contribution is 7.26. The number of thiophene rings is 1. The van der Waals surface area contributed by atoms with Gasteiger partial charge in [0.05, 0.1) is 10.4 Å². The third-order valence-corrected chi connectivity index (χ3v) is 10.3. The first-order valence-corrected chi connectivity index (χ1v) is 17.3. The van der Waals surface area contributed by atoms with Gasteiger partial charge in [-0.05, 0) is 29.3 Å². The summed E-state index contributed by atoms with van der Waals surface area (Å²) in [7, 11) is 0. The number of pyridine rings is 1. The molecule has 0 saturated heterocycles. The van der Waals surface area contributed by atoms with Crippen LogP contribution in [0.4, 0.5) is 0 Å². The van der Waals surface area contributed by atoms with Gasteiger partial charge in [-0.2, -0.15) is 0 Å². The van der Waals surface area contributed by atoms with Crippen molar-refractivity contribution in [3.05, 3.63) is 158 Å². The molecule has 0 spiro atoms. The molecule has 234 valence electrons. The van der Waals surface area contributed by atoms with Crippen molar-refractivity contribution in [3.63, 3.8) is 0 Å². The zero-order valence-electron chi connectivity index (χ0n) is 26.6. The lowest BCUT2D eigenvalue weighted by atomic mass is 10.0. The lowest BCUT2D eigenvalue weighted by Crippen LogP contribution is -2.00. The van der Waals surface area contributed by atoms with E-state index in [2.05, 4.69) is 78.9 Å². The van der Waals surface area contributed by atoms with Crippen LogP contribution in [0.1, 0.15) is 0 Å². The van der Waals surface area contributed by atoms with Crippen LogP contribution >= 0.6 is 11.3 Å². The zero-order valence-corrected chi connectivity index (χ0v) is 27.4. The number of rotatable bonds is 5. The molecule has 5 nitrogen and oxygen atoms in total. The smallest absolute Gasteiger partial charge is 0.164 e. The standard InChI is InChI=1S/C44H26N4OS/c1-3-11-30(12-4-1)42-46-43(31-13-5-2-6-14-31)48-44(47-42)32-25-21-28(22-26-32)27-19-23-29(24-20-27)38-41-37(34-16-8-10-18-36(34)50-41)40-39(45-38)33-15-7-9-17-35(33)49-40/h1-26H. The molecule has 6 aromatic carbocycles. The maximum Gasteiger partial charge on any atom is 0.164 e. The monoisotopic (exact) mass is 658 g/mol. The van der Waals surface area contributed by atoms with Gasteiger partial charge in [0.25, 0.3) is 0 Å². The maximum absolute atomic E-state index is 6.43. The molecule has 0 N–H and O–H groups in total. The normalized spacial score (nSPS) is 11.6. The molecule has 0 atom stereocenters. The summed E-state index contributed by atoms with van der Waals surface area (Å²) in [6.07, 6.45) is 0. The molecule has 0 unspecified atom stereocenters. The van der Waals surface area contributed by atoms with Crippen LogP contribution in [0.5, 0.6) is 0 Å². The molecule has 0 fully saturated rings. The summed E-state index contributed by atoms with van der Waals surface area (Å²) in [5, 5.41) is 3.36. The Bertz CT molecular complexity index is 2790. The summed E-state index contributed by atoms with van der Waals surface area (Å²) < 4.78 is 8.79. The van der Waals surface area contributed by atoms with Gasteiger partial charge in [0, 0.05) is 43.1 Å². The van der Waals surface area contributed by atoms with Gasteiger partial charge in [-0.15, -0.1) is 11.3 Å². The topological polar surface area (TPSA) is 64.7 Å². The Hall–Kier alpha value is -6.50. The highest BCUT2D eigenvalue weighted by Crippen LogP contribution is 2.45. The Morgan fingerprint density at radius 2 is 0.880 bits per heavy atom. The highest BCUT2D eigenvalue weighted by Gasteiger charge is 2.20. The molecule has 10 aromatic rings. The van der Waals surface area contributed by atoms with Crippen LogP contribution in [0.15, 0.2) is 162 Å². The van der Waals surface area contributed by atoms with Crippen molar-refractivity contribution in [2.24, 2.45) is 0 Å². The van der Waals surface area contributed by atoms with Crippen LogP contribution in [0.3, 0.4) is 0 Å². The van der Waals surface area contributed by atoms with E-state index in [4.69, 9.17) is 24.4 Å². The number of fused-ring (bicyclic) bond motifs is 7. The summed E-state index contributed by atoms with van der Waals surface area (Å²) in [6.45, 7) is 0. The molecular formula is C44H26N4OS. The summed E-state index contributed by atoms with van der Waals surface area (Å²) in [4.78, 5) is 19.9. The van der Waals surface area contributed by atoms with Crippen LogP contribution in [0.2, 0.25) is 0 Å². The van der Waals surface area contributed by atoms with Crippen molar-refractivity contribution in [2.45, 2.75) is 0 Å². The van der Waals surface area contributed by atoms with Crippen molar-refractivity contribution in [1.82, 2.24) is 19.9 Å². The predicted octanol–water partition coefficient (Wildman–Crippen LogP) is 11.9. The van der Waals surface area contributed by atoms with Crippen molar-refractivity contribution in [2.75, 3.05) is 0 Å². The van der Waals surface area contributed by atoms with E-state index in [1.807, 2.05) is 78.9 Å². The van der Waals surface area contributed by atoms with Crippen LogP contribution in [0.25, 0.3) is 98.8 Å². The lowest BCUT2D eigenvalue weighted by molar-refractivity contribution is 0.672. The Kier molecular flexibility index (Phi) is 6.60. The van der Waals surface area contributed by atoms with Crippen LogP contribution in [0, 0.1) is 0 Å². The minimum absolute atomic E-state index is 0.639. The highest BCUT2D eigenvalue weighted by atomic mass is 32.1. The van der Waals surface area contributed by atoms with E-state index in [0.717, 1.165) is 71.2 Å². The fourth-order valence-corrected chi connectivity index (χ4v) is 7.89. The largest absolute Gasteiger partial charge is 0.454 e. The first kappa shape index (κ1) is 28.5. The van der Waals surface area contributed by atoms with Gasteiger partial charge in [0.1, 0.15) is 11.1 Å². The van der Waals surface area contributed by atoms with E-state index in [-0.39, 0.29) is 0 Å². The third kappa shape index (κ3) is 4.77. The van der Waals surface area contributed by atoms with E-state index >= 15 is 0 Å². The van der Waals surface area contributed by atoms with Gasteiger partial charge in [-0.3, -0.25) is 0 Å². The van der Waals surface area contributed by atoms with Gasteiger partial charge in [-0.25, -0.2) is 19.9 Å². The molecule has 10 rings (SSSR count). The summed E-state index contributed by atoms with van der Waals surface area (Å²) in [5.74, 6) is 1.94. The minimum Gasteiger partial charge on any atom is -0.454 e. The number of hydrogen-bond acceptors (Lipinski definition) is 6. The number of furan rings is 1. The average molecular weight is 659 g/mol. The lowest BCUT2D eigenvalue weighted by Gasteiger charge is -2.09. The van der Waals surface area contributed by atoms with Gasteiger partial charge in [0.15, 0.2) is 23.1 Å². The van der Waals surface area contributed by atoms with E-state index in [1.165, 1.54) is 10.1 Å². The van der Waals surface area contributed by atoms with Gasteiger partial charge in [0.2, 0.25) is 0 Å². The molecule has 0 aliphatic carbocycles. The molecule has 4 heterocycles. The quantitative estimate of drug-likeness (QED) is 0.184. The second kappa shape index (κ2) is 11.6. The Labute approximate surface area is 291 Å². The average Bonchev–Trinajstić information content (AvgIpc) is 3.77. The van der Waals surface area contributed by atoms with Crippen molar-refractivity contribution in [3.8, 4) is 56.5 Å². The number of benzene rings is 6. The Balaban J connectivity index is 1.03. The molecule has 0 bridgehead atoms. The minimum atomic E-state index is 0.639. The van der Waals surface area contributed by atoms with E-state index in [1.54, 1.807) is 11.3 Å². The van der Waals surface area contributed by atoms with Crippen LogP contribution in [-0.2, 0) is 0 Å². The second-order valence-corrected chi connectivity index (χ2v) is 13.3. The van der Waals surface area contributed by atoms with E-state index in [9.17, 15) is 0 Å². The number of aromatic nitrogens is 4. The molecule has 50 heavy (non-hydrogen) atoms.